The first-order valence-corrected chi connectivity index (χ1v) is 16.9. The van der Waals surface area contributed by atoms with Crippen LogP contribution in [0.25, 0.3) is 0 Å². The van der Waals surface area contributed by atoms with E-state index >= 15 is 4.79 Å². The van der Waals surface area contributed by atoms with Crippen molar-refractivity contribution in [2.45, 2.75) is 30.6 Å². The number of hydrogen-bond acceptors (Lipinski definition) is 6. The number of phenolic OH excluding ortho intramolecular Hbond substituents is 2. The fourth-order valence-electron chi connectivity index (χ4n) is 8.97. The third-order valence-electron chi connectivity index (χ3n) is 11.0. The lowest BCUT2D eigenvalue weighted by molar-refractivity contribution is -0.140. The van der Waals surface area contributed by atoms with E-state index in [4.69, 9.17) is 11.6 Å². The number of amides is 4. The van der Waals surface area contributed by atoms with Crippen molar-refractivity contribution >= 4 is 40.9 Å². The van der Waals surface area contributed by atoms with Crippen molar-refractivity contribution in [3.8, 4) is 11.5 Å². The SMILES string of the molecule is O=C1[C@H]2[C@H](CC=C3[C@H]2C[C@H]2C(=O)N(c4cccc(Cl)c4)C(=O)[C@@]2(c2ccccc2)[C@H]3c2ccc(O)cc2)C(=O)N1CCc1ccc(O)cc1. The number of imide groups is 2. The molecule has 6 atom stereocenters. The number of nitrogens with zero attached hydrogens (tertiary/aromatic N) is 2. The number of rotatable bonds is 6. The Balaban J connectivity index is 1.26. The molecule has 4 amide bonds. The summed E-state index contributed by atoms with van der Waals surface area (Å²) < 4.78 is 0. The standard InChI is InChI=1S/C40H33ClN2O6/c41-26-7-4-8-27(21-26)43-37(47)33-22-32-30(17-18-31-34(32)38(48)42(36(31)46)20-19-23-9-13-28(44)14-10-23)35(24-11-15-29(45)16-12-24)40(33,39(43)49)25-5-2-1-3-6-25/h1-17,21,31-35,44-45H,18-20,22H2/t31-,32+,33-,34-,35-,40+/m0/s1. The van der Waals surface area contributed by atoms with Crippen LogP contribution >= 0.6 is 11.6 Å². The van der Waals surface area contributed by atoms with Gasteiger partial charge in [0.2, 0.25) is 23.6 Å². The fourth-order valence-corrected chi connectivity index (χ4v) is 9.16. The number of carbonyl (C=O) groups excluding carboxylic acids is 4. The van der Waals surface area contributed by atoms with E-state index in [1.54, 1.807) is 72.8 Å². The number of carbonyl (C=O) groups is 4. The van der Waals surface area contributed by atoms with Crippen LogP contribution in [0.4, 0.5) is 5.69 Å². The number of phenols is 2. The first-order valence-electron chi connectivity index (χ1n) is 16.5. The molecule has 0 radical (unpaired) electrons. The van der Waals surface area contributed by atoms with Crippen molar-refractivity contribution in [1.29, 1.82) is 0 Å². The number of hydrogen-bond donors (Lipinski definition) is 2. The molecule has 8 nitrogen and oxygen atoms in total. The van der Waals surface area contributed by atoms with E-state index in [1.807, 2.05) is 36.4 Å². The van der Waals surface area contributed by atoms with Gasteiger partial charge >= 0.3 is 0 Å². The highest BCUT2D eigenvalue weighted by Gasteiger charge is 2.70. The zero-order valence-corrected chi connectivity index (χ0v) is 27.2. The van der Waals surface area contributed by atoms with E-state index < -0.39 is 35.0 Å². The molecule has 49 heavy (non-hydrogen) atoms. The van der Waals surface area contributed by atoms with Gasteiger partial charge in [-0.25, -0.2) is 4.90 Å². The van der Waals surface area contributed by atoms with Crippen molar-refractivity contribution in [2.24, 2.45) is 23.7 Å². The summed E-state index contributed by atoms with van der Waals surface area (Å²) in [4.78, 5) is 60.7. The summed E-state index contributed by atoms with van der Waals surface area (Å²) in [5.74, 6) is -4.25. The number of fused-ring (bicyclic) bond motifs is 4. The molecule has 4 aromatic carbocycles. The molecule has 3 fully saturated rings. The minimum Gasteiger partial charge on any atom is -0.508 e. The highest BCUT2D eigenvalue weighted by molar-refractivity contribution is 6.32. The second-order valence-corrected chi connectivity index (χ2v) is 13.9. The van der Waals surface area contributed by atoms with Crippen molar-refractivity contribution in [1.82, 2.24) is 4.90 Å². The number of allylic oxidation sites excluding steroid dienone is 2. The van der Waals surface area contributed by atoms with E-state index in [2.05, 4.69) is 0 Å². The van der Waals surface area contributed by atoms with E-state index in [1.165, 1.54) is 9.80 Å². The third-order valence-corrected chi connectivity index (χ3v) is 11.3. The summed E-state index contributed by atoms with van der Waals surface area (Å²) >= 11 is 6.37. The van der Waals surface area contributed by atoms with Gasteiger partial charge < -0.3 is 10.2 Å². The zero-order chi connectivity index (χ0) is 34.0. The topological polar surface area (TPSA) is 115 Å². The Morgan fingerprint density at radius 1 is 0.755 bits per heavy atom. The zero-order valence-electron chi connectivity index (χ0n) is 26.4. The fraction of sp³-hybridized carbons (Fsp3) is 0.250. The van der Waals surface area contributed by atoms with Gasteiger partial charge in [0.1, 0.15) is 11.5 Å². The Kier molecular flexibility index (Phi) is 7.45. The van der Waals surface area contributed by atoms with Crippen molar-refractivity contribution < 1.29 is 29.4 Å². The van der Waals surface area contributed by atoms with Crippen molar-refractivity contribution in [3.05, 3.63) is 136 Å². The maximum Gasteiger partial charge on any atom is 0.246 e. The van der Waals surface area contributed by atoms with Gasteiger partial charge in [-0.3, -0.25) is 24.1 Å². The molecule has 8 rings (SSSR count). The second-order valence-electron chi connectivity index (χ2n) is 13.4. The van der Waals surface area contributed by atoms with Gasteiger partial charge in [0.15, 0.2) is 0 Å². The Bertz CT molecular complexity index is 2030. The van der Waals surface area contributed by atoms with Gasteiger partial charge in [0.25, 0.3) is 0 Å². The van der Waals surface area contributed by atoms with Crippen LogP contribution in [-0.4, -0.2) is 45.3 Å². The molecule has 2 aliphatic carbocycles. The summed E-state index contributed by atoms with van der Waals surface area (Å²) in [6.45, 7) is 0.205. The molecular formula is C40H33ClN2O6. The molecule has 0 spiro atoms. The molecule has 246 valence electrons. The summed E-state index contributed by atoms with van der Waals surface area (Å²) in [5, 5.41) is 20.3. The minimum atomic E-state index is -1.36. The van der Waals surface area contributed by atoms with Crippen LogP contribution in [0, 0.1) is 23.7 Å². The highest BCUT2D eigenvalue weighted by atomic mass is 35.5. The largest absolute Gasteiger partial charge is 0.508 e. The smallest absolute Gasteiger partial charge is 0.246 e. The molecule has 0 unspecified atom stereocenters. The van der Waals surface area contributed by atoms with Crippen LogP contribution in [-0.2, 0) is 31.0 Å². The Hall–Kier alpha value is -5.21. The molecule has 4 aliphatic rings. The Labute approximate surface area is 288 Å². The summed E-state index contributed by atoms with van der Waals surface area (Å²) in [6.07, 6.45) is 3.02. The van der Waals surface area contributed by atoms with Crippen molar-refractivity contribution in [2.75, 3.05) is 11.4 Å². The minimum absolute atomic E-state index is 0.0642. The molecule has 1 saturated carbocycles. The number of aromatic hydroxyl groups is 2. The number of benzene rings is 4. The number of halogens is 1. The van der Waals surface area contributed by atoms with Crippen LogP contribution in [0.5, 0.6) is 11.5 Å². The Morgan fingerprint density at radius 3 is 2.14 bits per heavy atom. The molecule has 0 bridgehead atoms. The van der Waals surface area contributed by atoms with E-state index in [9.17, 15) is 24.6 Å². The van der Waals surface area contributed by atoms with Crippen LogP contribution in [0.2, 0.25) is 5.02 Å². The normalized spacial score (nSPS) is 27.5. The summed E-state index contributed by atoms with van der Waals surface area (Å²) in [5.41, 5.74) is 2.18. The first-order chi connectivity index (χ1) is 23.7. The molecule has 2 aliphatic heterocycles. The molecule has 2 heterocycles. The lowest BCUT2D eigenvalue weighted by Crippen LogP contribution is -2.53. The molecule has 2 saturated heterocycles. The van der Waals surface area contributed by atoms with Crippen LogP contribution < -0.4 is 4.90 Å². The van der Waals surface area contributed by atoms with Gasteiger partial charge in [-0.05, 0) is 84.3 Å². The average molecular weight is 673 g/mol. The number of anilines is 1. The molecule has 4 aromatic rings. The van der Waals surface area contributed by atoms with Crippen LogP contribution in [0.1, 0.15) is 35.4 Å². The van der Waals surface area contributed by atoms with Gasteiger partial charge in [-0.15, -0.1) is 0 Å². The summed E-state index contributed by atoms with van der Waals surface area (Å²) in [7, 11) is 0. The molecule has 2 N–H and O–H groups in total. The molecule has 0 aromatic heterocycles. The molecule has 9 heteroatoms. The predicted molar refractivity (Wildman–Crippen MR) is 183 cm³/mol. The highest BCUT2D eigenvalue weighted by Crippen LogP contribution is 2.64. The lowest BCUT2D eigenvalue weighted by Gasteiger charge is -2.50. The van der Waals surface area contributed by atoms with Crippen molar-refractivity contribution in [3.63, 3.8) is 0 Å². The average Bonchev–Trinajstić information content (AvgIpc) is 3.49. The van der Waals surface area contributed by atoms with Gasteiger partial charge in [-0.2, -0.15) is 0 Å². The quantitative estimate of drug-likeness (QED) is 0.187. The maximum atomic E-state index is 15.2. The van der Waals surface area contributed by atoms with Gasteiger partial charge in [0, 0.05) is 17.5 Å². The van der Waals surface area contributed by atoms with E-state index in [0.717, 1.165) is 16.7 Å². The van der Waals surface area contributed by atoms with Crippen LogP contribution in [0.15, 0.2) is 115 Å². The van der Waals surface area contributed by atoms with E-state index in [-0.39, 0.29) is 48.1 Å². The maximum absolute atomic E-state index is 15.2. The van der Waals surface area contributed by atoms with Gasteiger partial charge in [0.05, 0.1) is 28.9 Å². The second kappa shape index (κ2) is 11.7. The third kappa shape index (κ3) is 4.72. The summed E-state index contributed by atoms with van der Waals surface area (Å²) in [6, 6.07) is 29.5. The van der Waals surface area contributed by atoms with Crippen LogP contribution in [0.3, 0.4) is 0 Å². The number of likely N-dealkylation sites (tertiary alicyclic amines) is 1. The lowest BCUT2D eigenvalue weighted by atomic mass is 9.49. The Morgan fingerprint density at radius 2 is 1.45 bits per heavy atom. The predicted octanol–water partition coefficient (Wildman–Crippen LogP) is 6.16. The molecular weight excluding hydrogens is 640 g/mol. The first kappa shape index (κ1) is 31.1. The monoisotopic (exact) mass is 672 g/mol. The van der Waals surface area contributed by atoms with E-state index in [0.29, 0.717) is 29.1 Å². The van der Waals surface area contributed by atoms with Gasteiger partial charge in [-0.1, -0.05) is 83.9 Å².